The predicted molar refractivity (Wildman–Crippen MR) is 87.9 cm³/mol. The third-order valence-electron chi connectivity index (χ3n) is 4.13. The maximum absolute atomic E-state index is 12.4. The van der Waals surface area contributed by atoms with Gasteiger partial charge in [-0.15, -0.1) is 0 Å². The average molecular weight is 340 g/mol. The van der Waals surface area contributed by atoms with Crippen LogP contribution in [0.4, 0.5) is 0 Å². The van der Waals surface area contributed by atoms with E-state index in [-0.39, 0.29) is 4.90 Å². The number of piperidine rings is 1. The number of benzene rings is 1. The van der Waals surface area contributed by atoms with Crippen molar-refractivity contribution < 1.29 is 17.9 Å². The van der Waals surface area contributed by atoms with E-state index in [4.69, 9.17) is 0 Å². The third-order valence-corrected chi connectivity index (χ3v) is 5.75. The standard InChI is InChI=1S/C16H24N2O4S/c1-12-10-14(16(19)22-2)5-6-15(12)23(20,21)18-9-7-13-4-3-8-17-11-13/h5-6,10,13,17-18H,3-4,7-9,11H2,1-2H3. The highest BCUT2D eigenvalue weighted by Gasteiger charge is 2.19. The van der Waals surface area contributed by atoms with Gasteiger partial charge in [-0.3, -0.25) is 0 Å². The van der Waals surface area contributed by atoms with Gasteiger partial charge in [-0.1, -0.05) is 0 Å². The molecule has 1 fully saturated rings. The second kappa shape index (κ2) is 7.90. The molecule has 1 aromatic carbocycles. The van der Waals surface area contributed by atoms with Gasteiger partial charge in [0.1, 0.15) is 0 Å². The number of esters is 1. The minimum absolute atomic E-state index is 0.201. The zero-order valence-electron chi connectivity index (χ0n) is 13.6. The summed E-state index contributed by atoms with van der Waals surface area (Å²) >= 11 is 0. The molecule has 1 unspecified atom stereocenters. The molecule has 0 bridgehead atoms. The van der Waals surface area contributed by atoms with Crippen LogP contribution in [0.15, 0.2) is 23.1 Å². The Morgan fingerprint density at radius 2 is 2.22 bits per heavy atom. The molecule has 2 N–H and O–H groups in total. The van der Waals surface area contributed by atoms with Gasteiger partial charge < -0.3 is 10.1 Å². The van der Waals surface area contributed by atoms with Crippen LogP contribution in [-0.4, -0.2) is 41.1 Å². The lowest BCUT2D eigenvalue weighted by molar-refractivity contribution is 0.0600. The summed E-state index contributed by atoms with van der Waals surface area (Å²) in [6.07, 6.45) is 3.11. The van der Waals surface area contributed by atoms with Gasteiger partial charge in [0.05, 0.1) is 17.6 Å². The van der Waals surface area contributed by atoms with Crippen LogP contribution in [0.5, 0.6) is 0 Å². The minimum atomic E-state index is -3.56. The molecule has 0 amide bonds. The van der Waals surface area contributed by atoms with Crippen LogP contribution in [0, 0.1) is 12.8 Å². The summed E-state index contributed by atoms with van der Waals surface area (Å²) in [7, 11) is -2.27. The molecule has 128 valence electrons. The number of rotatable bonds is 6. The molecular formula is C16H24N2O4S. The van der Waals surface area contributed by atoms with Gasteiger partial charge in [-0.25, -0.2) is 17.9 Å². The molecule has 0 spiro atoms. The summed E-state index contributed by atoms with van der Waals surface area (Å²) < 4.78 is 32.1. The Kier molecular flexibility index (Phi) is 6.15. The number of hydrogen-bond donors (Lipinski definition) is 2. The molecule has 6 nitrogen and oxygen atoms in total. The van der Waals surface area contributed by atoms with Crippen molar-refractivity contribution in [2.24, 2.45) is 5.92 Å². The maximum atomic E-state index is 12.4. The molecular weight excluding hydrogens is 316 g/mol. The molecule has 1 aliphatic rings. The first-order chi connectivity index (χ1) is 10.9. The van der Waals surface area contributed by atoms with Crippen molar-refractivity contribution in [2.45, 2.75) is 31.1 Å². The van der Waals surface area contributed by atoms with Gasteiger partial charge in [-0.2, -0.15) is 0 Å². The van der Waals surface area contributed by atoms with Crippen LogP contribution < -0.4 is 10.0 Å². The summed E-state index contributed by atoms with van der Waals surface area (Å²) in [6.45, 7) is 4.10. The van der Waals surface area contributed by atoms with Crippen molar-refractivity contribution in [3.63, 3.8) is 0 Å². The molecule has 0 saturated carbocycles. The number of methoxy groups -OCH3 is 1. The van der Waals surface area contributed by atoms with E-state index >= 15 is 0 Å². The van der Waals surface area contributed by atoms with Crippen molar-refractivity contribution in [3.05, 3.63) is 29.3 Å². The third kappa shape index (κ3) is 4.76. The normalized spacial score (nSPS) is 18.6. The highest BCUT2D eigenvalue weighted by molar-refractivity contribution is 7.89. The number of nitrogens with one attached hydrogen (secondary N) is 2. The van der Waals surface area contributed by atoms with E-state index in [9.17, 15) is 13.2 Å². The fourth-order valence-corrected chi connectivity index (χ4v) is 4.11. The first kappa shape index (κ1) is 17.9. The molecule has 1 saturated heterocycles. The minimum Gasteiger partial charge on any atom is -0.465 e. The number of hydrogen-bond acceptors (Lipinski definition) is 5. The Balaban J connectivity index is 1.99. The number of carbonyl (C=O) groups excluding carboxylic acids is 1. The van der Waals surface area contributed by atoms with Crippen LogP contribution in [0.25, 0.3) is 0 Å². The SMILES string of the molecule is COC(=O)c1ccc(S(=O)(=O)NCCC2CCCNC2)c(C)c1. The molecule has 1 aromatic rings. The Hall–Kier alpha value is -1.44. The van der Waals surface area contributed by atoms with Crippen LogP contribution >= 0.6 is 0 Å². The van der Waals surface area contributed by atoms with Crippen molar-refractivity contribution in [1.82, 2.24) is 10.0 Å². The molecule has 1 atom stereocenters. The summed E-state index contributed by atoms with van der Waals surface area (Å²) in [4.78, 5) is 11.7. The van der Waals surface area contributed by atoms with E-state index in [2.05, 4.69) is 14.8 Å². The highest BCUT2D eigenvalue weighted by atomic mass is 32.2. The van der Waals surface area contributed by atoms with E-state index in [1.807, 2.05) is 0 Å². The van der Waals surface area contributed by atoms with Crippen LogP contribution in [-0.2, 0) is 14.8 Å². The second-order valence-electron chi connectivity index (χ2n) is 5.87. The number of aryl methyl sites for hydroxylation is 1. The summed E-state index contributed by atoms with van der Waals surface area (Å²) in [5, 5.41) is 3.32. The van der Waals surface area contributed by atoms with Gasteiger partial charge in [0.15, 0.2) is 0 Å². The Morgan fingerprint density at radius 3 is 2.83 bits per heavy atom. The fraction of sp³-hybridized carbons (Fsp3) is 0.562. The fourth-order valence-electron chi connectivity index (χ4n) is 2.84. The first-order valence-corrected chi connectivity index (χ1v) is 9.31. The summed E-state index contributed by atoms with van der Waals surface area (Å²) in [6, 6.07) is 4.45. The van der Waals surface area contributed by atoms with Crippen molar-refractivity contribution >= 4 is 16.0 Å². The molecule has 23 heavy (non-hydrogen) atoms. The predicted octanol–water partition coefficient (Wildman–Crippen LogP) is 1.45. The quantitative estimate of drug-likeness (QED) is 0.766. The van der Waals surface area contributed by atoms with Crippen molar-refractivity contribution in [1.29, 1.82) is 0 Å². The molecule has 1 aliphatic heterocycles. The molecule has 0 aromatic heterocycles. The van der Waals surface area contributed by atoms with Gasteiger partial charge in [0, 0.05) is 6.54 Å². The topological polar surface area (TPSA) is 84.5 Å². The molecule has 0 radical (unpaired) electrons. The van der Waals surface area contributed by atoms with Gasteiger partial charge >= 0.3 is 5.97 Å². The number of sulfonamides is 1. The average Bonchev–Trinajstić information content (AvgIpc) is 2.54. The largest absolute Gasteiger partial charge is 0.465 e. The molecule has 7 heteroatoms. The Bertz CT molecular complexity index is 652. The first-order valence-electron chi connectivity index (χ1n) is 7.83. The van der Waals surface area contributed by atoms with Crippen molar-refractivity contribution in [3.8, 4) is 0 Å². The van der Waals surface area contributed by atoms with Crippen LogP contribution in [0.3, 0.4) is 0 Å². The lowest BCUT2D eigenvalue weighted by atomic mass is 9.96. The van der Waals surface area contributed by atoms with Gasteiger partial charge in [0.25, 0.3) is 0 Å². The zero-order chi connectivity index (χ0) is 16.9. The zero-order valence-corrected chi connectivity index (χ0v) is 14.4. The maximum Gasteiger partial charge on any atom is 0.337 e. The van der Waals surface area contributed by atoms with Crippen LogP contribution in [0.1, 0.15) is 35.2 Å². The lowest BCUT2D eigenvalue weighted by Crippen LogP contribution is -2.33. The van der Waals surface area contributed by atoms with Crippen LogP contribution in [0.2, 0.25) is 0 Å². The Morgan fingerprint density at radius 1 is 1.43 bits per heavy atom. The lowest BCUT2D eigenvalue weighted by Gasteiger charge is -2.22. The number of ether oxygens (including phenoxy) is 1. The number of carbonyl (C=O) groups is 1. The molecule has 0 aliphatic carbocycles. The van der Waals surface area contributed by atoms with Gasteiger partial charge in [-0.05, 0) is 69.0 Å². The van der Waals surface area contributed by atoms with E-state index in [1.54, 1.807) is 6.92 Å². The molecule has 1 heterocycles. The van der Waals surface area contributed by atoms with E-state index in [1.165, 1.54) is 25.3 Å². The Labute approximate surface area is 137 Å². The smallest absolute Gasteiger partial charge is 0.337 e. The van der Waals surface area contributed by atoms with Crippen molar-refractivity contribution in [2.75, 3.05) is 26.7 Å². The van der Waals surface area contributed by atoms with Gasteiger partial charge in [0.2, 0.25) is 10.0 Å². The second-order valence-corrected chi connectivity index (χ2v) is 7.61. The molecule has 2 rings (SSSR count). The van der Waals surface area contributed by atoms with E-state index < -0.39 is 16.0 Å². The summed E-state index contributed by atoms with van der Waals surface area (Å²) in [5.41, 5.74) is 0.872. The van der Waals surface area contributed by atoms with E-state index in [0.717, 1.165) is 32.4 Å². The monoisotopic (exact) mass is 340 g/mol. The van der Waals surface area contributed by atoms with E-state index in [0.29, 0.717) is 23.6 Å². The summed E-state index contributed by atoms with van der Waals surface area (Å²) in [5.74, 6) is 0.0454. The highest BCUT2D eigenvalue weighted by Crippen LogP contribution is 2.18.